The molecule has 9 aromatic rings. The predicted molar refractivity (Wildman–Crippen MR) is 201 cm³/mol. The Morgan fingerprint density at radius 2 is 0.878 bits per heavy atom. The summed E-state index contributed by atoms with van der Waals surface area (Å²) in [7, 11) is 0. The second kappa shape index (κ2) is 12.3. The summed E-state index contributed by atoms with van der Waals surface area (Å²) in [6.45, 7) is 0. The van der Waals surface area contributed by atoms with E-state index in [4.69, 9.17) is 24.9 Å². The first kappa shape index (κ1) is 28.8. The minimum absolute atomic E-state index is 0.603. The van der Waals surface area contributed by atoms with E-state index in [1.165, 1.54) is 21.4 Å². The van der Waals surface area contributed by atoms with Crippen LogP contribution in [0.3, 0.4) is 0 Å². The molecule has 0 bridgehead atoms. The van der Waals surface area contributed by atoms with E-state index < -0.39 is 0 Å². The third-order valence-electron chi connectivity index (χ3n) is 8.67. The van der Waals surface area contributed by atoms with Crippen LogP contribution in [0.15, 0.2) is 164 Å². The maximum absolute atomic E-state index is 5.03. The number of thiophene rings is 1. The highest BCUT2D eigenvalue weighted by Gasteiger charge is 2.18. The van der Waals surface area contributed by atoms with Gasteiger partial charge in [-0.3, -0.25) is 0 Å². The van der Waals surface area contributed by atoms with Crippen LogP contribution in [0.2, 0.25) is 0 Å². The highest BCUT2D eigenvalue weighted by atomic mass is 32.1. The summed E-state index contributed by atoms with van der Waals surface area (Å²) >= 11 is 1.74. The summed E-state index contributed by atoms with van der Waals surface area (Å²) in [5.74, 6) is 1.85. The fraction of sp³-hybridized carbons (Fsp3) is 0. The van der Waals surface area contributed by atoms with Gasteiger partial charge in [0.15, 0.2) is 17.5 Å². The maximum Gasteiger partial charge on any atom is 0.164 e. The van der Waals surface area contributed by atoms with Crippen molar-refractivity contribution in [3.63, 3.8) is 0 Å². The quantitative estimate of drug-likeness (QED) is 0.180. The number of fused-ring (bicyclic) bond motifs is 3. The van der Waals surface area contributed by atoms with Gasteiger partial charge in [0.2, 0.25) is 0 Å². The van der Waals surface area contributed by atoms with E-state index >= 15 is 0 Å². The molecule has 3 aromatic heterocycles. The van der Waals surface area contributed by atoms with Crippen molar-refractivity contribution in [1.29, 1.82) is 0 Å². The lowest BCUT2D eigenvalue weighted by Gasteiger charge is -2.10. The topological polar surface area (TPSA) is 64.5 Å². The molecule has 0 radical (unpaired) electrons. The minimum atomic E-state index is 0.603. The van der Waals surface area contributed by atoms with Crippen LogP contribution in [0.1, 0.15) is 0 Å². The Labute approximate surface area is 287 Å². The van der Waals surface area contributed by atoms with Gasteiger partial charge in [0.1, 0.15) is 6.33 Å². The molecule has 5 nitrogen and oxygen atoms in total. The lowest BCUT2D eigenvalue weighted by molar-refractivity contribution is 1.07. The lowest BCUT2D eigenvalue weighted by atomic mass is 10.0. The molecule has 0 N–H and O–H groups in total. The molecule has 0 aliphatic heterocycles. The highest BCUT2D eigenvalue weighted by molar-refractivity contribution is 7.26. The van der Waals surface area contributed by atoms with E-state index in [9.17, 15) is 0 Å². The van der Waals surface area contributed by atoms with Gasteiger partial charge < -0.3 is 0 Å². The van der Waals surface area contributed by atoms with Gasteiger partial charge in [-0.1, -0.05) is 152 Å². The Bertz CT molecular complexity index is 2580. The normalized spacial score (nSPS) is 11.3. The van der Waals surface area contributed by atoms with E-state index in [0.717, 1.165) is 49.1 Å². The van der Waals surface area contributed by atoms with Crippen LogP contribution in [-0.4, -0.2) is 24.9 Å². The Kier molecular flexibility index (Phi) is 7.26. The summed E-state index contributed by atoms with van der Waals surface area (Å²) in [6, 6.07) is 54.1. The first-order chi connectivity index (χ1) is 24.3. The Hall–Kier alpha value is -6.37. The van der Waals surface area contributed by atoms with Gasteiger partial charge in [-0.05, 0) is 28.3 Å². The molecule has 0 saturated carbocycles. The second-order valence-corrected chi connectivity index (χ2v) is 12.8. The Morgan fingerprint density at radius 3 is 1.57 bits per heavy atom. The maximum atomic E-state index is 5.03. The van der Waals surface area contributed by atoms with Crippen molar-refractivity contribution in [1.82, 2.24) is 24.9 Å². The molecule has 6 aromatic carbocycles. The molecular weight excluding hydrogens is 619 g/mol. The molecular formula is C43H27N5S. The molecule has 0 atom stereocenters. The number of hydrogen-bond donors (Lipinski definition) is 0. The SMILES string of the molecule is c1ccc(-c2ccc(-c3nc(-c4ccccc4)nc(-c4cccc(-c5ncnc6c5sc5c(-c7ccccc7)cccc56)c4)n3)cc2)cc1. The highest BCUT2D eigenvalue weighted by Crippen LogP contribution is 2.42. The zero-order chi connectivity index (χ0) is 32.6. The molecule has 230 valence electrons. The smallest absolute Gasteiger partial charge is 0.164 e. The van der Waals surface area contributed by atoms with Crippen molar-refractivity contribution in [3.8, 4) is 67.7 Å². The van der Waals surface area contributed by atoms with Gasteiger partial charge in [-0.2, -0.15) is 0 Å². The molecule has 0 fully saturated rings. The Morgan fingerprint density at radius 1 is 0.367 bits per heavy atom. The van der Waals surface area contributed by atoms with E-state index in [1.807, 2.05) is 54.6 Å². The van der Waals surface area contributed by atoms with Crippen molar-refractivity contribution in [2.75, 3.05) is 0 Å². The summed E-state index contributed by atoms with van der Waals surface area (Å²) in [5.41, 5.74) is 10.3. The van der Waals surface area contributed by atoms with E-state index in [-0.39, 0.29) is 0 Å². The van der Waals surface area contributed by atoms with Crippen LogP contribution in [0.5, 0.6) is 0 Å². The predicted octanol–water partition coefficient (Wildman–Crippen LogP) is 11.0. The molecule has 6 heteroatoms. The number of hydrogen-bond acceptors (Lipinski definition) is 6. The average molecular weight is 646 g/mol. The van der Waals surface area contributed by atoms with E-state index in [1.54, 1.807) is 17.7 Å². The van der Waals surface area contributed by atoms with Gasteiger partial charge in [0, 0.05) is 32.3 Å². The van der Waals surface area contributed by atoms with Crippen molar-refractivity contribution in [2.45, 2.75) is 0 Å². The van der Waals surface area contributed by atoms with Crippen molar-refractivity contribution < 1.29 is 0 Å². The minimum Gasteiger partial charge on any atom is -0.235 e. The first-order valence-corrected chi connectivity index (χ1v) is 16.9. The number of rotatable bonds is 6. The van der Waals surface area contributed by atoms with Crippen molar-refractivity contribution in [2.24, 2.45) is 0 Å². The van der Waals surface area contributed by atoms with Gasteiger partial charge >= 0.3 is 0 Å². The molecule has 0 spiro atoms. The van der Waals surface area contributed by atoms with Crippen molar-refractivity contribution >= 4 is 31.6 Å². The van der Waals surface area contributed by atoms with Crippen LogP contribution in [-0.2, 0) is 0 Å². The summed E-state index contributed by atoms with van der Waals surface area (Å²) < 4.78 is 2.26. The van der Waals surface area contributed by atoms with E-state index in [2.05, 4.69) is 103 Å². The van der Waals surface area contributed by atoms with Crippen LogP contribution >= 0.6 is 11.3 Å². The number of nitrogens with zero attached hydrogens (tertiary/aromatic N) is 5. The third kappa shape index (κ3) is 5.44. The first-order valence-electron chi connectivity index (χ1n) is 16.1. The average Bonchev–Trinajstić information content (AvgIpc) is 3.58. The van der Waals surface area contributed by atoms with Gasteiger partial charge in [0.05, 0.1) is 15.9 Å². The standard InChI is InChI=1S/C43H27N5S/c1-4-12-28(13-5-1)29-22-24-32(25-23-29)42-46-41(31-16-8-3-9-17-31)47-43(48-42)34-19-10-18-33(26-34)37-40-38(45-27-44-37)36-21-11-20-35(39(36)49-40)30-14-6-2-7-15-30/h1-27H. The van der Waals surface area contributed by atoms with Crippen LogP contribution in [0.25, 0.3) is 88.0 Å². The molecule has 0 unspecified atom stereocenters. The summed E-state index contributed by atoms with van der Waals surface area (Å²) in [5, 5.41) is 1.13. The lowest BCUT2D eigenvalue weighted by Crippen LogP contribution is -2.00. The fourth-order valence-corrected chi connectivity index (χ4v) is 7.55. The van der Waals surface area contributed by atoms with Crippen LogP contribution in [0.4, 0.5) is 0 Å². The van der Waals surface area contributed by atoms with Gasteiger partial charge in [0.25, 0.3) is 0 Å². The second-order valence-electron chi connectivity index (χ2n) is 11.7. The molecule has 49 heavy (non-hydrogen) atoms. The summed E-state index contributed by atoms with van der Waals surface area (Å²) in [4.78, 5) is 24.5. The molecule has 0 aliphatic rings. The van der Waals surface area contributed by atoms with Gasteiger partial charge in [-0.15, -0.1) is 11.3 Å². The summed E-state index contributed by atoms with van der Waals surface area (Å²) in [6.07, 6.45) is 1.67. The largest absolute Gasteiger partial charge is 0.235 e. The zero-order valence-corrected chi connectivity index (χ0v) is 27.0. The molecule has 3 heterocycles. The monoisotopic (exact) mass is 645 g/mol. The molecule has 9 rings (SSSR count). The number of benzene rings is 6. The van der Waals surface area contributed by atoms with Crippen LogP contribution in [0, 0.1) is 0 Å². The molecule has 0 amide bonds. The molecule has 0 saturated heterocycles. The van der Waals surface area contributed by atoms with E-state index in [0.29, 0.717) is 17.5 Å². The zero-order valence-electron chi connectivity index (χ0n) is 26.2. The number of aromatic nitrogens is 5. The third-order valence-corrected chi connectivity index (χ3v) is 9.91. The fourth-order valence-electron chi connectivity index (χ4n) is 6.25. The van der Waals surface area contributed by atoms with Gasteiger partial charge in [-0.25, -0.2) is 24.9 Å². The Balaban J connectivity index is 1.16. The van der Waals surface area contributed by atoms with Crippen molar-refractivity contribution in [3.05, 3.63) is 164 Å². The molecule has 0 aliphatic carbocycles. The van der Waals surface area contributed by atoms with Crippen LogP contribution < -0.4 is 0 Å².